The van der Waals surface area contributed by atoms with Crippen LogP contribution >= 0.6 is 0 Å². The molecule has 0 amide bonds. The molecule has 0 saturated heterocycles. The van der Waals surface area contributed by atoms with Crippen LogP contribution in [0.2, 0.25) is 0 Å². The fourth-order valence-electron chi connectivity index (χ4n) is 3.86. The maximum atomic E-state index is 14.4. The predicted octanol–water partition coefficient (Wildman–Crippen LogP) is 6.49. The second kappa shape index (κ2) is 7.96. The van der Waals surface area contributed by atoms with Crippen LogP contribution in [0.3, 0.4) is 0 Å². The highest BCUT2D eigenvalue weighted by Gasteiger charge is 2.21. The Balaban J connectivity index is 1.90. The third kappa shape index (κ3) is 4.31. The van der Waals surface area contributed by atoms with E-state index >= 15 is 0 Å². The van der Waals surface area contributed by atoms with Gasteiger partial charge in [-0.05, 0) is 48.1 Å². The zero-order valence-electron chi connectivity index (χ0n) is 14.0. The van der Waals surface area contributed by atoms with Gasteiger partial charge in [-0.25, -0.2) is 4.39 Å². The molecule has 0 spiro atoms. The molecule has 0 bridgehead atoms. The van der Waals surface area contributed by atoms with Gasteiger partial charge < -0.3 is 0 Å². The molecule has 118 valence electrons. The number of halogens is 1. The highest BCUT2D eigenvalue weighted by atomic mass is 19.1. The summed E-state index contributed by atoms with van der Waals surface area (Å²) in [6.45, 7) is 6.62. The van der Waals surface area contributed by atoms with Crippen molar-refractivity contribution in [3.05, 3.63) is 35.1 Å². The van der Waals surface area contributed by atoms with Gasteiger partial charge in [-0.1, -0.05) is 71.1 Å². The molecule has 0 aliphatic heterocycles. The van der Waals surface area contributed by atoms with E-state index in [4.69, 9.17) is 0 Å². The number of hydrogen-bond donors (Lipinski definition) is 0. The molecular weight excluding hydrogens is 259 g/mol. The number of aryl methyl sites for hydroxylation is 1. The first-order valence-electron chi connectivity index (χ1n) is 8.90. The monoisotopic (exact) mass is 290 g/mol. The molecule has 0 heterocycles. The van der Waals surface area contributed by atoms with E-state index in [1.54, 1.807) is 0 Å². The van der Waals surface area contributed by atoms with Crippen molar-refractivity contribution in [1.29, 1.82) is 0 Å². The topological polar surface area (TPSA) is 0 Å². The molecule has 1 aliphatic carbocycles. The summed E-state index contributed by atoms with van der Waals surface area (Å²) < 4.78 is 14.4. The van der Waals surface area contributed by atoms with Gasteiger partial charge in [0.05, 0.1) is 0 Å². The van der Waals surface area contributed by atoms with Crippen LogP contribution in [0.4, 0.5) is 4.39 Å². The van der Waals surface area contributed by atoms with Gasteiger partial charge in [0.25, 0.3) is 0 Å². The van der Waals surface area contributed by atoms with Crippen LogP contribution in [0, 0.1) is 17.7 Å². The zero-order chi connectivity index (χ0) is 15.2. The second-order valence-corrected chi connectivity index (χ2v) is 7.03. The molecule has 1 aromatic rings. The van der Waals surface area contributed by atoms with Gasteiger partial charge in [-0.3, -0.25) is 0 Å². The van der Waals surface area contributed by atoms with Crippen LogP contribution in [-0.2, 0) is 6.42 Å². The summed E-state index contributed by atoms with van der Waals surface area (Å²) in [5, 5.41) is 0. The van der Waals surface area contributed by atoms with E-state index in [1.807, 2.05) is 25.1 Å². The van der Waals surface area contributed by atoms with Crippen molar-refractivity contribution in [2.75, 3.05) is 0 Å². The Morgan fingerprint density at radius 3 is 2.48 bits per heavy atom. The third-order valence-corrected chi connectivity index (χ3v) is 5.53. The van der Waals surface area contributed by atoms with Crippen LogP contribution in [0.25, 0.3) is 0 Å². The van der Waals surface area contributed by atoms with E-state index in [1.165, 1.54) is 38.5 Å². The SMILES string of the molecule is CCc1cccc(C(C)CCC(C)C2CCCCC2)c1F. The molecule has 1 aliphatic rings. The van der Waals surface area contributed by atoms with E-state index < -0.39 is 0 Å². The van der Waals surface area contributed by atoms with Crippen LogP contribution in [-0.4, -0.2) is 0 Å². The molecule has 0 nitrogen and oxygen atoms in total. The van der Waals surface area contributed by atoms with Crippen molar-refractivity contribution in [2.24, 2.45) is 11.8 Å². The molecular formula is C20H31F. The summed E-state index contributed by atoms with van der Waals surface area (Å²) >= 11 is 0. The lowest BCUT2D eigenvalue weighted by atomic mass is 9.78. The van der Waals surface area contributed by atoms with Crippen molar-refractivity contribution in [3.8, 4) is 0 Å². The molecule has 2 unspecified atom stereocenters. The molecule has 1 saturated carbocycles. The van der Waals surface area contributed by atoms with Crippen LogP contribution in [0.1, 0.15) is 82.8 Å². The number of rotatable bonds is 6. The zero-order valence-corrected chi connectivity index (χ0v) is 14.0. The molecule has 1 fully saturated rings. The van der Waals surface area contributed by atoms with Gasteiger partial charge in [-0.2, -0.15) is 0 Å². The van der Waals surface area contributed by atoms with Gasteiger partial charge >= 0.3 is 0 Å². The largest absolute Gasteiger partial charge is 0.206 e. The third-order valence-electron chi connectivity index (χ3n) is 5.53. The van der Waals surface area contributed by atoms with Crippen LogP contribution in [0.5, 0.6) is 0 Å². The van der Waals surface area contributed by atoms with E-state index in [0.29, 0.717) is 5.92 Å². The summed E-state index contributed by atoms with van der Waals surface area (Å²) in [5.74, 6) is 2.09. The fraction of sp³-hybridized carbons (Fsp3) is 0.700. The summed E-state index contributed by atoms with van der Waals surface area (Å²) in [6.07, 6.45) is 10.2. The Hall–Kier alpha value is -0.850. The molecule has 0 N–H and O–H groups in total. The number of benzene rings is 1. The predicted molar refractivity (Wildman–Crippen MR) is 89.2 cm³/mol. The lowest BCUT2D eigenvalue weighted by Gasteiger charge is -2.28. The van der Waals surface area contributed by atoms with Gasteiger partial charge in [0.1, 0.15) is 5.82 Å². The lowest BCUT2D eigenvalue weighted by Crippen LogP contribution is -2.16. The second-order valence-electron chi connectivity index (χ2n) is 7.03. The molecule has 2 atom stereocenters. The Morgan fingerprint density at radius 2 is 1.81 bits per heavy atom. The van der Waals surface area contributed by atoms with Crippen molar-refractivity contribution in [1.82, 2.24) is 0 Å². The maximum Gasteiger partial charge on any atom is 0.129 e. The van der Waals surface area contributed by atoms with Crippen LogP contribution < -0.4 is 0 Å². The lowest BCUT2D eigenvalue weighted by molar-refractivity contribution is 0.245. The van der Waals surface area contributed by atoms with Crippen LogP contribution in [0.15, 0.2) is 18.2 Å². The molecule has 2 rings (SSSR count). The summed E-state index contributed by atoms with van der Waals surface area (Å²) in [4.78, 5) is 0. The Bertz CT molecular complexity index is 431. The first-order valence-corrected chi connectivity index (χ1v) is 8.90. The maximum absolute atomic E-state index is 14.4. The minimum Gasteiger partial charge on any atom is -0.206 e. The smallest absolute Gasteiger partial charge is 0.129 e. The highest BCUT2D eigenvalue weighted by Crippen LogP contribution is 2.34. The van der Waals surface area contributed by atoms with E-state index in [0.717, 1.165) is 35.8 Å². The van der Waals surface area contributed by atoms with Crippen molar-refractivity contribution in [3.63, 3.8) is 0 Å². The average Bonchev–Trinajstić information content (AvgIpc) is 2.53. The quantitative estimate of drug-likeness (QED) is 0.562. The molecule has 0 radical (unpaired) electrons. The standard InChI is InChI=1S/C20H31F/c1-4-17-11-8-12-19(20(17)21)16(3)14-13-15(2)18-9-6-5-7-10-18/h8,11-12,15-16,18H,4-7,9-10,13-14H2,1-3H3. The Kier molecular flexibility index (Phi) is 6.26. The minimum absolute atomic E-state index is 0.0396. The van der Waals surface area contributed by atoms with Gasteiger partial charge in [-0.15, -0.1) is 0 Å². The summed E-state index contributed by atoms with van der Waals surface area (Å²) in [5.41, 5.74) is 1.78. The molecule has 0 aromatic heterocycles. The average molecular weight is 290 g/mol. The van der Waals surface area contributed by atoms with Crippen molar-refractivity contribution < 1.29 is 4.39 Å². The normalized spacial score (nSPS) is 19.4. The van der Waals surface area contributed by atoms with Crippen molar-refractivity contribution >= 4 is 0 Å². The van der Waals surface area contributed by atoms with Gasteiger partial charge in [0.15, 0.2) is 0 Å². The first kappa shape index (κ1) is 16.5. The van der Waals surface area contributed by atoms with Gasteiger partial charge in [0, 0.05) is 0 Å². The Labute approximate surface area is 130 Å². The molecule has 1 heteroatoms. The fourth-order valence-corrected chi connectivity index (χ4v) is 3.86. The summed E-state index contributed by atoms with van der Waals surface area (Å²) in [6, 6.07) is 5.90. The highest BCUT2D eigenvalue weighted by molar-refractivity contribution is 5.28. The van der Waals surface area contributed by atoms with E-state index in [9.17, 15) is 4.39 Å². The van der Waals surface area contributed by atoms with E-state index in [2.05, 4.69) is 13.8 Å². The minimum atomic E-state index is 0.0396. The van der Waals surface area contributed by atoms with Crippen molar-refractivity contribution in [2.45, 2.75) is 78.1 Å². The first-order chi connectivity index (χ1) is 10.1. The number of hydrogen-bond acceptors (Lipinski definition) is 0. The summed E-state index contributed by atoms with van der Waals surface area (Å²) in [7, 11) is 0. The Morgan fingerprint density at radius 1 is 1.10 bits per heavy atom. The molecule has 1 aromatic carbocycles. The van der Waals surface area contributed by atoms with E-state index in [-0.39, 0.29) is 5.82 Å². The molecule has 21 heavy (non-hydrogen) atoms. The van der Waals surface area contributed by atoms with Gasteiger partial charge in [0.2, 0.25) is 0 Å².